The van der Waals surface area contributed by atoms with Gasteiger partial charge in [0.2, 0.25) is 5.89 Å². The molecule has 1 rings (SSSR count). The molecular weight excluding hydrogens is 204 g/mol. The maximum Gasteiger partial charge on any atom is 0.223 e. The monoisotopic (exact) mass is 226 g/mol. The number of likely N-dealkylation sites (N-methyl/N-ethyl adjacent to an activating group) is 1. The van der Waals surface area contributed by atoms with Crippen molar-refractivity contribution in [2.24, 2.45) is 0 Å². The van der Waals surface area contributed by atoms with Crippen LogP contribution < -0.4 is 5.32 Å². The van der Waals surface area contributed by atoms with E-state index in [1.165, 1.54) is 13.0 Å². The molecule has 1 aromatic rings. The third-order valence-corrected chi connectivity index (χ3v) is 2.44. The third-order valence-electron chi connectivity index (χ3n) is 2.44. The SMILES string of the molecule is CCCN(CC)CCNCc1noc(C)n1. The van der Waals surface area contributed by atoms with Gasteiger partial charge in [0.05, 0.1) is 6.54 Å². The fraction of sp³-hybridized carbons (Fsp3) is 0.818. The van der Waals surface area contributed by atoms with Crippen LogP contribution in [0.4, 0.5) is 0 Å². The molecule has 0 spiro atoms. The average molecular weight is 226 g/mol. The van der Waals surface area contributed by atoms with Gasteiger partial charge in [0.1, 0.15) is 0 Å². The highest BCUT2D eigenvalue weighted by Crippen LogP contribution is 1.94. The first kappa shape index (κ1) is 13.1. The lowest BCUT2D eigenvalue weighted by Crippen LogP contribution is -2.32. The quantitative estimate of drug-likeness (QED) is 0.675. The highest BCUT2D eigenvalue weighted by atomic mass is 16.5. The van der Waals surface area contributed by atoms with Crippen molar-refractivity contribution in [3.05, 3.63) is 11.7 Å². The van der Waals surface area contributed by atoms with Gasteiger partial charge in [-0.15, -0.1) is 0 Å². The Balaban J connectivity index is 2.11. The highest BCUT2D eigenvalue weighted by molar-refractivity contribution is 4.82. The Labute approximate surface area is 97.2 Å². The molecule has 0 amide bonds. The van der Waals surface area contributed by atoms with Gasteiger partial charge in [-0.3, -0.25) is 0 Å². The van der Waals surface area contributed by atoms with Gasteiger partial charge < -0.3 is 14.7 Å². The molecule has 0 aliphatic heterocycles. The number of rotatable bonds is 8. The van der Waals surface area contributed by atoms with Crippen molar-refractivity contribution in [2.75, 3.05) is 26.2 Å². The highest BCUT2D eigenvalue weighted by Gasteiger charge is 2.02. The van der Waals surface area contributed by atoms with Crippen LogP contribution in [0.3, 0.4) is 0 Å². The summed E-state index contributed by atoms with van der Waals surface area (Å²) in [6.07, 6.45) is 1.21. The first-order valence-corrected chi connectivity index (χ1v) is 5.98. The number of aryl methyl sites for hydroxylation is 1. The van der Waals surface area contributed by atoms with E-state index in [2.05, 4.69) is 34.2 Å². The van der Waals surface area contributed by atoms with Crippen molar-refractivity contribution in [1.29, 1.82) is 0 Å². The fourth-order valence-electron chi connectivity index (χ4n) is 1.59. The maximum absolute atomic E-state index is 4.89. The summed E-state index contributed by atoms with van der Waals surface area (Å²) < 4.78 is 4.89. The van der Waals surface area contributed by atoms with Crippen LogP contribution in [0.15, 0.2) is 4.52 Å². The standard InChI is InChI=1S/C11H22N4O/c1-4-7-15(5-2)8-6-12-9-11-13-10(3)16-14-11/h12H,4-9H2,1-3H3. The molecule has 0 bridgehead atoms. The minimum Gasteiger partial charge on any atom is -0.340 e. The van der Waals surface area contributed by atoms with Crippen LogP contribution in [0.25, 0.3) is 0 Å². The molecule has 1 heterocycles. The van der Waals surface area contributed by atoms with E-state index in [9.17, 15) is 0 Å². The fourth-order valence-corrected chi connectivity index (χ4v) is 1.59. The van der Waals surface area contributed by atoms with Gasteiger partial charge in [0.15, 0.2) is 5.82 Å². The molecule has 1 N–H and O–H groups in total. The molecule has 1 aromatic heterocycles. The maximum atomic E-state index is 4.89. The van der Waals surface area contributed by atoms with Crippen LogP contribution in [0, 0.1) is 6.92 Å². The van der Waals surface area contributed by atoms with Gasteiger partial charge in [0.25, 0.3) is 0 Å². The summed E-state index contributed by atoms with van der Waals surface area (Å²) in [6.45, 7) is 11.2. The molecule has 0 fully saturated rings. The molecule has 0 atom stereocenters. The van der Waals surface area contributed by atoms with E-state index < -0.39 is 0 Å². The summed E-state index contributed by atoms with van der Waals surface area (Å²) in [7, 11) is 0. The molecule has 0 unspecified atom stereocenters. The molecule has 0 saturated heterocycles. The predicted molar refractivity (Wildman–Crippen MR) is 63.1 cm³/mol. The summed E-state index contributed by atoms with van der Waals surface area (Å²) in [4.78, 5) is 6.56. The van der Waals surface area contributed by atoms with Crippen molar-refractivity contribution in [3.8, 4) is 0 Å². The Bertz CT molecular complexity index is 287. The topological polar surface area (TPSA) is 54.2 Å². The number of nitrogens with zero attached hydrogens (tertiary/aromatic N) is 3. The molecule has 0 radical (unpaired) electrons. The summed E-state index contributed by atoms with van der Waals surface area (Å²) in [5, 5.41) is 7.14. The largest absolute Gasteiger partial charge is 0.340 e. The Morgan fingerprint density at radius 3 is 2.69 bits per heavy atom. The minimum atomic E-state index is 0.623. The molecule has 0 aliphatic carbocycles. The number of hydrogen-bond acceptors (Lipinski definition) is 5. The number of hydrogen-bond donors (Lipinski definition) is 1. The lowest BCUT2D eigenvalue weighted by molar-refractivity contribution is 0.287. The average Bonchev–Trinajstić information content (AvgIpc) is 2.69. The predicted octanol–water partition coefficient (Wildman–Crippen LogP) is 1.20. The van der Waals surface area contributed by atoms with Crippen LogP contribution in [-0.4, -0.2) is 41.2 Å². The van der Waals surface area contributed by atoms with Crippen molar-refractivity contribution in [2.45, 2.75) is 33.7 Å². The Kier molecular flexibility index (Phi) is 6.03. The summed E-state index contributed by atoms with van der Waals surface area (Å²) in [6, 6.07) is 0. The Hall–Kier alpha value is -0.940. The van der Waals surface area contributed by atoms with Crippen LogP contribution >= 0.6 is 0 Å². The van der Waals surface area contributed by atoms with Crippen LogP contribution in [0.5, 0.6) is 0 Å². The van der Waals surface area contributed by atoms with E-state index in [4.69, 9.17) is 4.52 Å². The van der Waals surface area contributed by atoms with E-state index >= 15 is 0 Å². The first-order valence-electron chi connectivity index (χ1n) is 5.98. The zero-order valence-electron chi connectivity index (χ0n) is 10.5. The smallest absolute Gasteiger partial charge is 0.223 e. The summed E-state index contributed by atoms with van der Waals surface area (Å²) >= 11 is 0. The lowest BCUT2D eigenvalue weighted by atomic mass is 10.4. The zero-order valence-corrected chi connectivity index (χ0v) is 10.5. The number of nitrogens with one attached hydrogen (secondary N) is 1. The molecule has 0 aliphatic rings. The molecule has 0 aromatic carbocycles. The lowest BCUT2D eigenvalue weighted by Gasteiger charge is -2.19. The van der Waals surface area contributed by atoms with Gasteiger partial charge in [-0.1, -0.05) is 19.0 Å². The van der Waals surface area contributed by atoms with E-state index in [0.717, 1.165) is 25.5 Å². The van der Waals surface area contributed by atoms with E-state index in [-0.39, 0.29) is 0 Å². The molecule has 92 valence electrons. The Morgan fingerprint density at radius 1 is 1.31 bits per heavy atom. The molecule has 5 nitrogen and oxygen atoms in total. The summed E-state index contributed by atoms with van der Waals surface area (Å²) in [5.41, 5.74) is 0. The second-order valence-corrected chi connectivity index (χ2v) is 3.84. The van der Waals surface area contributed by atoms with Crippen LogP contribution in [0.1, 0.15) is 32.0 Å². The van der Waals surface area contributed by atoms with Crippen molar-refractivity contribution in [3.63, 3.8) is 0 Å². The normalized spacial score (nSPS) is 11.2. The van der Waals surface area contributed by atoms with Gasteiger partial charge >= 0.3 is 0 Å². The second kappa shape index (κ2) is 7.35. The zero-order chi connectivity index (χ0) is 11.8. The molecule has 0 saturated carbocycles. The van der Waals surface area contributed by atoms with Crippen LogP contribution in [-0.2, 0) is 6.54 Å². The number of aromatic nitrogens is 2. The van der Waals surface area contributed by atoms with E-state index in [1.807, 2.05) is 0 Å². The van der Waals surface area contributed by atoms with E-state index in [1.54, 1.807) is 6.92 Å². The second-order valence-electron chi connectivity index (χ2n) is 3.84. The van der Waals surface area contributed by atoms with Gasteiger partial charge in [-0.05, 0) is 19.5 Å². The summed E-state index contributed by atoms with van der Waals surface area (Å²) in [5.74, 6) is 1.36. The molecule has 5 heteroatoms. The van der Waals surface area contributed by atoms with Gasteiger partial charge in [-0.2, -0.15) is 4.98 Å². The molecule has 16 heavy (non-hydrogen) atoms. The third kappa shape index (κ3) is 4.72. The van der Waals surface area contributed by atoms with Crippen molar-refractivity contribution < 1.29 is 4.52 Å². The van der Waals surface area contributed by atoms with Crippen molar-refractivity contribution >= 4 is 0 Å². The van der Waals surface area contributed by atoms with Gasteiger partial charge in [0, 0.05) is 20.0 Å². The van der Waals surface area contributed by atoms with Crippen LogP contribution in [0.2, 0.25) is 0 Å². The van der Waals surface area contributed by atoms with E-state index in [0.29, 0.717) is 12.4 Å². The Morgan fingerprint density at radius 2 is 2.12 bits per heavy atom. The van der Waals surface area contributed by atoms with Gasteiger partial charge in [-0.25, -0.2) is 0 Å². The van der Waals surface area contributed by atoms with Crippen molar-refractivity contribution in [1.82, 2.24) is 20.4 Å². The minimum absolute atomic E-state index is 0.623. The molecular formula is C11H22N4O. The first-order chi connectivity index (χ1) is 7.76.